The van der Waals surface area contributed by atoms with E-state index in [1.165, 1.54) is 0 Å². The number of amides is 1. The van der Waals surface area contributed by atoms with Gasteiger partial charge in [0.2, 0.25) is 5.91 Å². The van der Waals surface area contributed by atoms with Crippen LogP contribution in [0, 0.1) is 5.92 Å². The first-order valence-electron chi connectivity index (χ1n) is 5.58. The number of thioether (sulfide) groups is 1. The molecule has 1 amide bonds. The van der Waals surface area contributed by atoms with Crippen molar-refractivity contribution in [3.05, 3.63) is 0 Å². The van der Waals surface area contributed by atoms with Gasteiger partial charge in [0.25, 0.3) is 0 Å². The molecule has 1 rings (SSSR count). The number of nitrogens with zero attached hydrogens (tertiary/aromatic N) is 1. The van der Waals surface area contributed by atoms with Gasteiger partial charge >= 0.3 is 0 Å². The van der Waals surface area contributed by atoms with Crippen LogP contribution in [0.25, 0.3) is 0 Å². The number of carbonyl (C=O) groups is 1. The van der Waals surface area contributed by atoms with Gasteiger partial charge in [0.1, 0.15) is 0 Å². The summed E-state index contributed by atoms with van der Waals surface area (Å²) < 4.78 is 0. The van der Waals surface area contributed by atoms with Crippen LogP contribution in [-0.2, 0) is 4.79 Å². The van der Waals surface area contributed by atoms with Crippen molar-refractivity contribution < 1.29 is 9.90 Å². The quantitative estimate of drug-likeness (QED) is 0.794. The summed E-state index contributed by atoms with van der Waals surface area (Å²) >= 11 is 1.68. The fourth-order valence-electron chi connectivity index (χ4n) is 1.74. The summed E-state index contributed by atoms with van der Waals surface area (Å²) in [7, 11) is 0. The Morgan fingerprint density at radius 1 is 1.53 bits per heavy atom. The van der Waals surface area contributed by atoms with Crippen LogP contribution < -0.4 is 0 Å². The predicted molar refractivity (Wildman–Crippen MR) is 64.0 cm³/mol. The van der Waals surface area contributed by atoms with Crippen LogP contribution >= 0.6 is 11.8 Å². The summed E-state index contributed by atoms with van der Waals surface area (Å²) in [6.45, 7) is 7.55. The normalized spacial score (nSPS) is 23.5. The van der Waals surface area contributed by atoms with Crippen molar-refractivity contribution in [3.63, 3.8) is 0 Å². The average molecular weight is 231 g/mol. The second-order valence-electron chi connectivity index (χ2n) is 4.49. The Bertz CT molecular complexity index is 219. The van der Waals surface area contributed by atoms with E-state index in [9.17, 15) is 9.90 Å². The van der Waals surface area contributed by atoms with Gasteiger partial charge in [0, 0.05) is 19.0 Å². The summed E-state index contributed by atoms with van der Waals surface area (Å²) in [5, 5.41) is 9.93. The van der Waals surface area contributed by atoms with Gasteiger partial charge in [-0.2, -0.15) is 0 Å². The SMILES string of the molecule is CC(C)SCC(=O)N1CCC(C(C)O)C1. The summed E-state index contributed by atoms with van der Waals surface area (Å²) in [6, 6.07) is 0. The maximum absolute atomic E-state index is 11.7. The van der Waals surface area contributed by atoms with Gasteiger partial charge in [-0.25, -0.2) is 0 Å². The lowest BCUT2D eigenvalue weighted by Crippen LogP contribution is -2.32. The van der Waals surface area contributed by atoms with Gasteiger partial charge in [-0.05, 0) is 18.6 Å². The maximum Gasteiger partial charge on any atom is 0.232 e. The second-order valence-corrected chi connectivity index (χ2v) is 6.05. The zero-order valence-corrected chi connectivity index (χ0v) is 10.6. The van der Waals surface area contributed by atoms with Gasteiger partial charge < -0.3 is 10.0 Å². The van der Waals surface area contributed by atoms with Crippen molar-refractivity contribution in [2.75, 3.05) is 18.8 Å². The van der Waals surface area contributed by atoms with Crippen LogP contribution in [0.2, 0.25) is 0 Å². The summed E-state index contributed by atoms with van der Waals surface area (Å²) in [4.78, 5) is 13.6. The summed E-state index contributed by atoms with van der Waals surface area (Å²) in [5.41, 5.74) is 0. The molecule has 0 radical (unpaired) electrons. The van der Waals surface area contributed by atoms with Crippen LogP contribution in [-0.4, -0.2) is 46.1 Å². The average Bonchev–Trinajstić information content (AvgIpc) is 2.62. The molecule has 1 aliphatic rings. The molecule has 0 aromatic carbocycles. The number of aliphatic hydroxyl groups is 1. The van der Waals surface area contributed by atoms with E-state index >= 15 is 0 Å². The number of hydrogen-bond donors (Lipinski definition) is 1. The molecular formula is C11H21NO2S. The second kappa shape index (κ2) is 5.75. The molecule has 0 saturated carbocycles. The predicted octanol–water partition coefficient (Wildman–Crippen LogP) is 1.36. The van der Waals surface area contributed by atoms with Gasteiger partial charge in [-0.1, -0.05) is 13.8 Å². The van der Waals surface area contributed by atoms with Crippen molar-refractivity contribution in [2.45, 2.75) is 38.5 Å². The molecular weight excluding hydrogens is 210 g/mol. The number of likely N-dealkylation sites (tertiary alicyclic amines) is 1. The zero-order chi connectivity index (χ0) is 11.4. The third kappa shape index (κ3) is 4.03. The molecule has 15 heavy (non-hydrogen) atoms. The summed E-state index contributed by atoms with van der Waals surface area (Å²) in [5.74, 6) is 1.07. The fraction of sp³-hybridized carbons (Fsp3) is 0.909. The minimum atomic E-state index is -0.291. The number of aliphatic hydroxyl groups excluding tert-OH is 1. The van der Waals surface area contributed by atoms with E-state index in [0.717, 1.165) is 19.5 Å². The number of rotatable bonds is 4. The Morgan fingerprint density at radius 2 is 2.20 bits per heavy atom. The molecule has 88 valence electrons. The number of hydrogen-bond acceptors (Lipinski definition) is 3. The topological polar surface area (TPSA) is 40.5 Å². The van der Waals surface area contributed by atoms with E-state index in [2.05, 4.69) is 13.8 Å². The Hall–Kier alpha value is -0.220. The van der Waals surface area contributed by atoms with Gasteiger partial charge in [-0.3, -0.25) is 4.79 Å². The number of carbonyl (C=O) groups excluding carboxylic acids is 1. The van der Waals surface area contributed by atoms with E-state index in [1.54, 1.807) is 11.8 Å². The highest BCUT2D eigenvalue weighted by Gasteiger charge is 2.28. The highest BCUT2D eigenvalue weighted by molar-refractivity contribution is 8.00. The van der Waals surface area contributed by atoms with Crippen LogP contribution in [0.15, 0.2) is 0 Å². The minimum Gasteiger partial charge on any atom is -0.393 e. The molecule has 3 nitrogen and oxygen atoms in total. The summed E-state index contributed by atoms with van der Waals surface area (Å²) in [6.07, 6.45) is 0.649. The molecule has 1 fully saturated rings. The lowest BCUT2D eigenvalue weighted by atomic mass is 10.0. The van der Waals surface area contributed by atoms with E-state index in [0.29, 0.717) is 11.0 Å². The molecule has 1 heterocycles. The third-order valence-electron chi connectivity index (χ3n) is 2.80. The Labute approximate surface area is 96.2 Å². The molecule has 1 N–H and O–H groups in total. The molecule has 0 aromatic heterocycles. The molecule has 0 spiro atoms. The largest absolute Gasteiger partial charge is 0.393 e. The van der Waals surface area contributed by atoms with Crippen LogP contribution in [0.3, 0.4) is 0 Å². The molecule has 2 unspecified atom stereocenters. The Kier molecular flexibility index (Phi) is 4.93. The van der Waals surface area contributed by atoms with Crippen LogP contribution in [0.1, 0.15) is 27.2 Å². The first-order chi connectivity index (χ1) is 7.00. The van der Waals surface area contributed by atoms with E-state index in [1.807, 2.05) is 11.8 Å². The van der Waals surface area contributed by atoms with Crippen molar-refractivity contribution in [3.8, 4) is 0 Å². The molecule has 1 aliphatic heterocycles. The van der Waals surface area contributed by atoms with Crippen LogP contribution in [0.5, 0.6) is 0 Å². The molecule has 0 bridgehead atoms. The smallest absolute Gasteiger partial charge is 0.232 e. The zero-order valence-electron chi connectivity index (χ0n) is 9.77. The minimum absolute atomic E-state index is 0.219. The van der Waals surface area contributed by atoms with Gasteiger partial charge in [-0.15, -0.1) is 11.8 Å². The lowest BCUT2D eigenvalue weighted by Gasteiger charge is -2.18. The Morgan fingerprint density at radius 3 is 2.67 bits per heavy atom. The molecule has 0 aromatic rings. The van der Waals surface area contributed by atoms with Crippen LogP contribution in [0.4, 0.5) is 0 Å². The lowest BCUT2D eigenvalue weighted by molar-refractivity contribution is -0.127. The van der Waals surface area contributed by atoms with Crippen molar-refractivity contribution in [1.82, 2.24) is 4.90 Å². The highest BCUT2D eigenvalue weighted by Crippen LogP contribution is 2.21. The van der Waals surface area contributed by atoms with E-state index in [-0.39, 0.29) is 17.9 Å². The third-order valence-corrected chi connectivity index (χ3v) is 3.88. The van der Waals surface area contributed by atoms with Crippen molar-refractivity contribution in [2.24, 2.45) is 5.92 Å². The van der Waals surface area contributed by atoms with Crippen molar-refractivity contribution in [1.29, 1.82) is 0 Å². The standard InChI is InChI=1S/C11H21NO2S/c1-8(2)15-7-11(14)12-5-4-10(6-12)9(3)13/h8-10,13H,4-7H2,1-3H3. The van der Waals surface area contributed by atoms with Gasteiger partial charge in [0.15, 0.2) is 0 Å². The van der Waals surface area contributed by atoms with Crippen molar-refractivity contribution >= 4 is 17.7 Å². The highest BCUT2D eigenvalue weighted by atomic mass is 32.2. The Balaban J connectivity index is 2.30. The van der Waals surface area contributed by atoms with E-state index in [4.69, 9.17) is 0 Å². The molecule has 2 atom stereocenters. The monoisotopic (exact) mass is 231 g/mol. The molecule has 0 aliphatic carbocycles. The van der Waals surface area contributed by atoms with E-state index < -0.39 is 0 Å². The fourth-order valence-corrected chi connectivity index (χ4v) is 2.40. The maximum atomic E-state index is 11.7. The first kappa shape index (κ1) is 12.8. The molecule has 4 heteroatoms. The first-order valence-corrected chi connectivity index (χ1v) is 6.63. The van der Waals surface area contributed by atoms with Gasteiger partial charge in [0.05, 0.1) is 11.9 Å². The molecule has 1 saturated heterocycles.